The van der Waals surface area contributed by atoms with Gasteiger partial charge in [-0.2, -0.15) is 4.98 Å². The number of aliphatic hydroxyl groups excluding tert-OH is 1. The van der Waals surface area contributed by atoms with Crippen molar-refractivity contribution in [1.29, 1.82) is 0 Å². The lowest BCUT2D eigenvalue weighted by Gasteiger charge is -2.31. The van der Waals surface area contributed by atoms with E-state index in [2.05, 4.69) is 36.5 Å². The van der Waals surface area contributed by atoms with Crippen LogP contribution in [0.4, 0.5) is 11.8 Å². The summed E-state index contributed by atoms with van der Waals surface area (Å²) in [5.41, 5.74) is 0. The first kappa shape index (κ1) is 11.6. The SMILES string of the molecule is CNc1ncc(Br)c(NCC2CC(O)C2)n1. The number of halogens is 1. The van der Waals surface area contributed by atoms with Crippen molar-refractivity contribution in [3.8, 4) is 0 Å². The molecule has 0 saturated heterocycles. The van der Waals surface area contributed by atoms with Crippen molar-refractivity contribution in [2.75, 3.05) is 24.2 Å². The summed E-state index contributed by atoms with van der Waals surface area (Å²) in [6.45, 7) is 0.843. The molecule has 0 bridgehead atoms. The van der Waals surface area contributed by atoms with Gasteiger partial charge < -0.3 is 15.7 Å². The third-order valence-electron chi connectivity index (χ3n) is 2.74. The van der Waals surface area contributed by atoms with E-state index in [0.717, 1.165) is 29.7 Å². The van der Waals surface area contributed by atoms with Gasteiger partial charge in [-0.25, -0.2) is 4.98 Å². The fourth-order valence-corrected chi connectivity index (χ4v) is 2.05. The van der Waals surface area contributed by atoms with E-state index in [9.17, 15) is 5.11 Å². The Bertz CT molecular complexity index is 368. The molecule has 1 aliphatic carbocycles. The Morgan fingerprint density at radius 1 is 1.56 bits per heavy atom. The van der Waals surface area contributed by atoms with Crippen LogP contribution in [0, 0.1) is 5.92 Å². The van der Waals surface area contributed by atoms with Crippen LogP contribution in [-0.4, -0.2) is 34.8 Å². The van der Waals surface area contributed by atoms with Gasteiger partial charge in [-0.15, -0.1) is 0 Å². The first-order valence-electron chi connectivity index (χ1n) is 5.31. The van der Waals surface area contributed by atoms with E-state index in [4.69, 9.17) is 0 Å². The minimum atomic E-state index is -0.103. The van der Waals surface area contributed by atoms with Gasteiger partial charge in [0.2, 0.25) is 5.95 Å². The average Bonchev–Trinajstić information content (AvgIpc) is 2.25. The van der Waals surface area contributed by atoms with Crippen LogP contribution < -0.4 is 10.6 Å². The first-order chi connectivity index (χ1) is 7.69. The standard InChI is InChI=1S/C10H15BrN4O/c1-12-10-14-5-8(11)9(15-10)13-4-6-2-7(16)3-6/h5-7,16H,2-4H2,1H3,(H2,12,13,14,15). The summed E-state index contributed by atoms with van der Waals surface area (Å²) >= 11 is 3.40. The molecule has 3 N–H and O–H groups in total. The molecule has 0 amide bonds. The molecule has 6 heteroatoms. The highest BCUT2D eigenvalue weighted by atomic mass is 79.9. The van der Waals surface area contributed by atoms with Crippen molar-refractivity contribution in [3.05, 3.63) is 10.7 Å². The molecule has 1 aromatic rings. The van der Waals surface area contributed by atoms with E-state index in [1.807, 2.05) is 0 Å². The van der Waals surface area contributed by atoms with E-state index >= 15 is 0 Å². The highest BCUT2D eigenvalue weighted by Gasteiger charge is 2.26. The van der Waals surface area contributed by atoms with Gasteiger partial charge in [0.1, 0.15) is 5.82 Å². The maximum absolute atomic E-state index is 9.18. The Balaban J connectivity index is 1.92. The normalized spacial score (nSPS) is 23.7. The molecule has 1 heterocycles. The molecule has 0 spiro atoms. The Labute approximate surface area is 103 Å². The highest BCUT2D eigenvalue weighted by molar-refractivity contribution is 9.10. The topological polar surface area (TPSA) is 70.1 Å². The van der Waals surface area contributed by atoms with E-state index in [1.54, 1.807) is 13.2 Å². The first-order valence-corrected chi connectivity index (χ1v) is 6.10. The fraction of sp³-hybridized carbons (Fsp3) is 0.600. The number of aromatic nitrogens is 2. The lowest BCUT2D eigenvalue weighted by molar-refractivity contribution is 0.0486. The summed E-state index contributed by atoms with van der Waals surface area (Å²) in [7, 11) is 1.79. The second-order valence-electron chi connectivity index (χ2n) is 4.01. The summed E-state index contributed by atoms with van der Waals surface area (Å²) in [4.78, 5) is 8.38. The average molecular weight is 287 g/mol. The zero-order valence-corrected chi connectivity index (χ0v) is 10.7. The van der Waals surface area contributed by atoms with E-state index < -0.39 is 0 Å². The van der Waals surface area contributed by atoms with Crippen LogP contribution in [0.2, 0.25) is 0 Å². The number of nitrogens with one attached hydrogen (secondary N) is 2. The zero-order chi connectivity index (χ0) is 11.5. The summed E-state index contributed by atoms with van der Waals surface area (Å²) in [6.07, 6.45) is 3.38. The minimum absolute atomic E-state index is 0.103. The second kappa shape index (κ2) is 4.97. The Morgan fingerprint density at radius 3 is 2.94 bits per heavy atom. The van der Waals surface area contributed by atoms with Crippen LogP contribution >= 0.6 is 15.9 Å². The number of aliphatic hydroxyl groups is 1. The maximum atomic E-state index is 9.18. The van der Waals surface area contributed by atoms with Gasteiger partial charge in [-0.05, 0) is 34.7 Å². The summed E-state index contributed by atoms with van der Waals surface area (Å²) in [5, 5.41) is 15.3. The van der Waals surface area contributed by atoms with Crippen LogP contribution in [0.1, 0.15) is 12.8 Å². The molecule has 1 fully saturated rings. The summed E-state index contributed by atoms with van der Waals surface area (Å²) in [5.74, 6) is 1.94. The van der Waals surface area contributed by atoms with Crippen LogP contribution in [0.3, 0.4) is 0 Å². The van der Waals surface area contributed by atoms with Crippen molar-refractivity contribution < 1.29 is 5.11 Å². The number of hydrogen-bond acceptors (Lipinski definition) is 5. The van der Waals surface area contributed by atoms with Crippen LogP contribution in [-0.2, 0) is 0 Å². The third kappa shape index (κ3) is 2.62. The molecule has 0 aromatic carbocycles. The van der Waals surface area contributed by atoms with Gasteiger partial charge >= 0.3 is 0 Å². The molecular weight excluding hydrogens is 272 g/mol. The number of rotatable bonds is 4. The van der Waals surface area contributed by atoms with Crippen molar-refractivity contribution in [3.63, 3.8) is 0 Å². The number of hydrogen-bond donors (Lipinski definition) is 3. The minimum Gasteiger partial charge on any atom is -0.393 e. The van der Waals surface area contributed by atoms with Crippen molar-refractivity contribution in [2.45, 2.75) is 18.9 Å². The molecule has 1 saturated carbocycles. The van der Waals surface area contributed by atoms with Gasteiger partial charge in [0.15, 0.2) is 0 Å². The van der Waals surface area contributed by atoms with Gasteiger partial charge in [0.05, 0.1) is 10.6 Å². The summed E-state index contributed by atoms with van der Waals surface area (Å²) < 4.78 is 0.853. The molecule has 1 aromatic heterocycles. The fourth-order valence-electron chi connectivity index (χ4n) is 1.72. The molecule has 0 aliphatic heterocycles. The largest absolute Gasteiger partial charge is 0.393 e. The molecule has 1 aliphatic rings. The van der Waals surface area contributed by atoms with Crippen molar-refractivity contribution in [2.24, 2.45) is 5.92 Å². The molecule has 2 rings (SSSR count). The third-order valence-corrected chi connectivity index (χ3v) is 3.32. The smallest absolute Gasteiger partial charge is 0.224 e. The second-order valence-corrected chi connectivity index (χ2v) is 4.87. The quantitative estimate of drug-likeness (QED) is 0.782. The number of anilines is 2. The Kier molecular flexibility index (Phi) is 3.60. The molecule has 0 atom stereocenters. The summed E-state index contributed by atoms with van der Waals surface area (Å²) in [6, 6.07) is 0. The maximum Gasteiger partial charge on any atom is 0.224 e. The van der Waals surface area contributed by atoms with Crippen LogP contribution in [0.25, 0.3) is 0 Å². The molecule has 5 nitrogen and oxygen atoms in total. The van der Waals surface area contributed by atoms with E-state index in [-0.39, 0.29) is 6.10 Å². The van der Waals surface area contributed by atoms with Crippen molar-refractivity contribution in [1.82, 2.24) is 9.97 Å². The molecule has 88 valence electrons. The Hall–Kier alpha value is -0.880. The van der Waals surface area contributed by atoms with Gasteiger partial charge in [0.25, 0.3) is 0 Å². The van der Waals surface area contributed by atoms with Crippen LogP contribution in [0.5, 0.6) is 0 Å². The predicted molar refractivity (Wildman–Crippen MR) is 66.5 cm³/mol. The van der Waals surface area contributed by atoms with Gasteiger partial charge in [-0.1, -0.05) is 0 Å². The molecular formula is C10H15BrN4O. The molecule has 0 unspecified atom stereocenters. The van der Waals surface area contributed by atoms with Gasteiger partial charge in [-0.3, -0.25) is 0 Å². The van der Waals surface area contributed by atoms with E-state index in [1.165, 1.54) is 0 Å². The zero-order valence-electron chi connectivity index (χ0n) is 9.07. The van der Waals surface area contributed by atoms with Crippen molar-refractivity contribution >= 4 is 27.7 Å². The Morgan fingerprint density at radius 2 is 2.31 bits per heavy atom. The monoisotopic (exact) mass is 286 g/mol. The lowest BCUT2D eigenvalue weighted by atomic mass is 9.82. The van der Waals surface area contributed by atoms with Crippen LogP contribution in [0.15, 0.2) is 10.7 Å². The number of nitrogens with zero attached hydrogens (tertiary/aromatic N) is 2. The van der Waals surface area contributed by atoms with Gasteiger partial charge in [0, 0.05) is 19.8 Å². The lowest BCUT2D eigenvalue weighted by Crippen LogP contribution is -2.33. The van der Waals surface area contributed by atoms with E-state index in [0.29, 0.717) is 11.9 Å². The predicted octanol–water partition coefficient (Wildman–Crippen LogP) is 1.46. The molecule has 0 radical (unpaired) electrons. The molecule has 16 heavy (non-hydrogen) atoms. The highest BCUT2D eigenvalue weighted by Crippen LogP contribution is 2.28.